The SMILES string of the molecule is CC(C)(C)CC(C)(CN)C(=O)Oc1ccc(C(O)c2ccccc2)cc1. The van der Waals surface area contributed by atoms with Gasteiger partial charge in [0.2, 0.25) is 0 Å². The maximum atomic E-state index is 12.6. The van der Waals surface area contributed by atoms with Crippen LogP contribution >= 0.6 is 0 Å². The number of esters is 1. The Hall–Kier alpha value is -2.17. The van der Waals surface area contributed by atoms with Crippen LogP contribution in [0.15, 0.2) is 54.6 Å². The molecule has 0 spiro atoms. The molecule has 26 heavy (non-hydrogen) atoms. The lowest BCUT2D eigenvalue weighted by molar-refractivity contribution is -0.146. The normalized spacial score (nSPS) is 15.2. The molecule has 0 aliphatic carbocycles. The van der Waals surface area contributed by atoms with Crippen molar-refractivity contribution in [3.63, 3.8) is 0 Å². The van der Waals surface area contributed by atoms with Crippen LogP contribution in [0.2, 0.25) is 0 Å². The van der Waals surface area contributed by atoms with Gasteiger partial charge in [-0.2, -0.15) is 0 Å². The monoisotopic (exact) mass is 355 g/mol. The van der Waals surface area contributed by atoms with Crippen LogP contribution in [0.3, 0.4) is 0 Å². The Balaban J connectivity index is 2.10. The van der Waals surface area contributed by atoms with Crippen LogP contribution in [0, 0.1) is 10.8 Å². The molecule has 0 amide bonds. The van der Waals surface area contributed by atoms with E-state index >= 15 is 0 Å². The quantitative estimate of drug-likeness (QED) is 0.605. The lowest BCUT2D eigenvalue weighted by atomic mass is 9.75. The number of aliphatic hydroxyl groups excluding tert-OH is 1. The van der Waals surface area contributed by atoms with E-state index in [1.165, 1.54) is 0 Å². The molecular weight excluding hydrogens is 326 g/mol. The molecule has 0 aromatic heterocycles. The first-order valence-corrected chi connectivity index (χ1v) is 8.90. The van der Waals surface area contributed by atoms with E-state index in [4.69, 9.17) is 10.5 Å². The van der Waals surface area contributed by atoms with Crippen molar-refractivity contribution in [1.82, 2.24) is 0 Å². The molecule has 0 saturated heterocycles. The summed E-state index contributed by atoms with van der Waals surface area (Å²) < 4.78 is 5.56. The van der Waals surface area contributed by atoms with Gasteiger partial charge in [-0.1, -0.05) is 63.2 Å². The maximum Gasteiger partial charge on any atom is 0.318 e. The highest BCUT2D eigenvalue weighted by Crippen LogP contribution is 2.34. The van der Waals surface area contributed by atoms with Crippen molar-refractivity contribution < 1.29 is 14.6 Å². The third-order valence-corrected chi connectivity index (χ3v) is 4.39. The van der Waals surface area contributed by atoms with E-state index in [1.807, 2.05) is 37.3 Å². The van der Waals surface area contributed by atoms with Crippen molar-refractivity contribution in [2.45, 2.75) is 40.2 Å². The zero-order chi connectivity index (χ0) is 19.4. The zero-order valence-corrected chi connectivity index (χ0v) is 16.0. The minimum atomic E-state index is -0.736. The fraction of sp³-hybridized carbons (Fsp3) is 0.409. The van der Waals surface area contributed by atoms with E-state index in [2.05, 4.69) is 20.8 Å². The number of benzene rings is 2. The predicted molar refractivity (Wildman–Crippen MR) is 104 cm³/mol. The van der Waals surface area contributed by atoms with Crippen LogP contribution in [-0.4, -0.2) is 17.6 Å². The summed E-state index contributed by atoms with van der Waals surface area (Å²) in [5, 5.41) is 10.4. The molecule has 3 N–H and O–H groups in total. The standard InChI is InChI=1S/C22H29NO3/c1-21(2,3)14-22(4,15-23)20(25)26-18-12-10-17(11-13-18)19(24)16-8-6-5-7-9-16/h5-13,19,24H,14-15,23H2,1-4H3. The van der Waals surface area contributed by atoms with Crippen molar-refractivity contribution in [1.29, 1.82) is 0 Å². The summed E-state index contributed by atoms with van der Waals surface area (Å²) in [7, 11) is 0. The molecule has 0 aliphatic rings. The van der Waals surface area contributed by atoms with Crippen molar-refractivity contribution in [2.75, 3.05) is 6.54 Å². The van der Waals surface area contributed by atoms with Gasteiger partial charge >= 0.3 is 5.97 Å². The molecule has 0 radical (unpaired) electrons. The third kappa shape index (κ3) is 5.16. The molecule has 0 saturated carbocycles. The van der Waals surface area contributed by atoms with Crippen molar-refractivity contribution in [3.8, 4) is 5.75 Å². The number of carbonyl (C=O) groups excluding carboxylic acids is 1. The largest absolute Gasteiger partial charge is 0.426 e. The first kappa shape index (κ1) is 20.1. The smallest absolute Gasteiger partial charge is 0.318 e. The lowest BCUT2D eigenvalue weighted by Gasteiger charge is -2.32. The molecule has 140 valence electrons. The van der Waals surface area contributed by atoms with E-state index < -0.39 is 11.5 Å². The highest BCUT2D eigenvalue weighted by Gasteiger charge is 2.37. The number of hydrogen-bond donors (Lipinski definition) is 2. The summed E-state index contributed by atoms with van der Waals surface area (Å²) in [6.07, 6.45) is -0.0729. The van der Waals surface area contributed by atoms with Crippen LogP contribution < -0.4 is 10.5 Å². The molecule has 2 rings (SSSR count). The van der Waals surface area contributed by atoms with Crippen LogP contribution in [0.4, 0.5) is 0 Å². The minimum absolute atomic E-state index is 0.0310. The van der Waals surface area contributed by atoms with Crippen LogP contribution in [0.5, 0.6) is 5.75 Å². The predicted octanol–water partition coefficient (Wildman–Crippen LogP) is 4.07. The molecule has 4 heteroatoms. The van der Waals surface area contributed by atoms with Crippen molar-refractivity contribution in [2.24, 2.45) is 16.6 Å². The van der Waals surface area contributed by atoms with Gasteiger partial charge < -0.3 is 15.6 Å². The van der Waals surface area contributed by atoms with Gasteiger partial charge in [-0.3, -0.25) is 4.79 Å². The average Bonchev–Trinajstić information content (AvgIpc) is 2.61. The third-order valence-electron chi connectivity index (χ3n) is 4.39. The average molecular weight is 355 g/mol. The van der Waals surface area contributed by atoms with Gasteiger partial charge in [-0.15, -0.1) is 0 Å². The Labute approximate surface area is 156 Å². The molecule has 4 nitrogen and oxygen atoms in total. The lowest BCUT2D eigenvalue weighted by Crippen LogP contribution is -2.41. The molecule has 2 aromatic rings. The number of carbonyl (C=O) groups is 1. The Bertz CT molecular complexity index is 719. The molecule has 2 aromatic carbocycles. The summed E-state index contributed by atoms with van der Waals surface area (Å²) in [4.78, 5) is 12.6. The number of rotatable bonds is 6. The Morgan fingerprint density at radius 2 is 1.54 bits per heavy atom. The summed E-state index contributed by atoms with van der Waals surface area (Å²) >= 11 is 0. The molecule has 2 unspecified atom stereocenters. The second kappa shape index (κ2) is 8.02. The molecular formula is C22H29NO3. The number of aliphatic hydroxyl groups is 1. The van der Waals surface area contributed by atoms with Crippen molar-refractivity contribution >= 4 is 5.97 Å². The van der Waals surface area contributed by atoms with Gasteiger partial charge in [0.15, 0.2) is 0 Å². The first-order valence-electron chi connectivity index (χ1n) is 8.90. The molecule has 0 bridgehead atoms. The number of ether oxygens (including phenoxy) is 1. The summed E-state index contributed by atoms with van der Waals surface area (Å²) in [5.41, 5.74) is 6.66. The second-order valence-electron chi connectivity index (χ2n) is 8.27. The Morgan fingerprint density at radius 1 is 1.00 bits per heavy atom. The van der Waals surface area contributed by atoms with E-state index in [0.717, 1.165) is 11.1 Å². The maximum absolute atomic E-state index is 12.6. The number of hydrogen-bond acceptors (Lipinski definition) is 4. The van der Waals surface area contributed by atoms with E-state index in [9.17, 15) is 9.90 Å². The molecule has 0 heterocycles. The molecule has 0 aliphatic heterocycles. The van der Waals surface area contributed by atoms with Gasteiger partial charge in [-0.25, -0.2) is 0 Å². The first-order chi connectivity index (χ1) is 12.1. The highest BCUT2D eigenvalue weighted by molar-refractivity contribution is 5.79. The summed E-state index contributed by atoms with van der Waals surface area (Å²) in [5.74, 6) is 0.124. The van der Waals surface area contributed by atoms with Crippen LogP contribution in [0.1, 0.15) is 51.3 Å². The molecule has 0 fully saturated rings. The number of nitrogens with two attached hydrogens (primary N) is 1. The van der Waals surface area contributed by atoms with Crippen molar-refractivity contribution in [3.05, 3.63) is 65.7 Å². The van der Waals surface area contributed by atoms with Gasteiger partial charge in [-0.05, 0) is 42.0 Å². The highest BCUT2D eigenvalue weighted by atomic mass is 16.5. The summed E-state index contributed by atoms with van der Waals surface area (Å²) in [6.45, 7) is 8.30. The van der Waals surface area contributed by atoms with Gasteiger partial charge in [0.1, 0.15) is 11.9 Å². The summed E-state index contributed by atoms with van der Waals surface area (Å²) in [6, 6.07) is 16.4. The molecule has 2 atom stereocenters. The van der Waals surface area contributed by atoms with E-state index in [1.54, 1.807) is 24.3 Å². The fourth-order valence-electron chi connectivity index (χ4n) is 3.17. The Morgan fingerprint density at radius 3 is 2.04 bits per heavy atom. The Kier molecular flexibility index (Phi) is 6.21. The van der Waals surface area contributed by atoms with Gasteiger partial charge in [0.25, 0.3) is 0 Å². The topological polar surface area (TPSA) is 72.6 Å². The minimum Gasteiger partial charge on any atom is -0.426 e. The van der Waals surface area contributed by atoms with Gasteiger partial charge in [0, 0.05) is 6.54 Å². The fourth-order valence-corrected chi connectivity index (χ4v) is 3.17. The van der Waals surface area contributed by atoms with Crippen LogP contribution in [-0.2, 0) is 4.79 Å². The van der Waals surface area contributed by atoms with Gasteiger partial charge in [0.05, 0.1) is 5.41 Å². The van der Waals surface area contributed by atoms with Crippen LogP contribution in [0.25, 0.3) is 0 Å². The van der Waals surface area contributed by atoms with E-state index in [0.29, 0.717) is 12.2 Å². The second-order valence-corrected chi connectivity index (χ2v) is 8.27. The zero-order valence-electron chi connectivity index (χ0n) is 16.0. The van der Waals surface area contributed by atoms with E-state index in [-0.39, 0.29) is 17.9 Å².